The van der Waals surface area contributed by atoms with Gasteiger partial charge in [-0.05, 0) is 92.6 Å². The van der Waals surface area contributed by atoms with Crippen LogP contribution in [-0.4, -0.2) is 27.5 Å². The molecule has 0 heterocycles. The third-order valence-electron chi connectivity index (χ3n) is 10.0. The number of oxime groups is 1. The second-order valence-corrected chi connectivity index (χ2v) is 12.8. The molecule has 8 heteroatoms. The minimum atomic E-state index is -0.418. The second kappa shape index (κ2) is 9.16. The predicted octanol–water partition coefficient (Wildman–Crippen LogP) is 6.68. The predicted molar refractivity (Wildman–Crippen MR) is 137 cm³/mol. The molecule has 7 nitrogen and oxygen atoms in total. The van der Waals surface area contributed by atoms with Gasteiger partial charge in [0.05, 0.1) is 15.5 Å². The number of carbonyl (C=O) groups is 1. The summed E-state index contributed by atoms with van der Waals surface area (Å²) in [7, 11) is 0. The van der Waals surface area contributed by atoms with E-state index in [2.05, 4.69) is 34.9 Å². The van der Waals surface area contributed by atoms with Crippen LogP contribution in [0.15, 0.2) is 29.4 Å². The Hall–Kier alpha value is -1.96. The average Bonchev–Trinajstić information content (AvgIpc) is 3.13. The van der Waals surface area contributed by atoms with Gasteiger partial charge in [0.1, 0.15) is 6.10 Å². The van der Waals surface area contributed by atoms with Crippen LogP contribution in [-0.2, 0) is 9.53 Å². The Labute approximate surface area is 215 Å². The molecule has 5 rings (SSSR count). The molecule has 0 bridgehead atoms. The molecule has 0 amide bonds. The lowest BCUT2D eigenvalue weighted by atomic mass is 9.45. The van der Waals surface area contributed by atoms with Gasteiger partial charge in [0.25, 0.3) is 5.69 Å². The first-order valence-corrected chi connectivity index (χ1v) is 13.8. The van der Waals surface area contributed by atoms with E-state index >= 15 is 0 Å². The number of halogens is 1. The third-order valence-corrected chi connectivity index (χ3v) is 10.9. The van der Waals surface area contributed by atoms with Crippen LogP contribution in [0.4, 0.5) is 5.69 Å². The van der Waals surface area contributed by atoms with E-state index in [-0.39, 0.29) is 33.4 Å². The normalized spacial score (nSPS) is 41.4. The zero-order valence-corrected chi connectivity index (χ0v) is 22.3. The molecule has 35 heavy (non-hydrogen) atoms. The maximum Gasteiger partial charge on any atom is 0.302 e. The van der Waals surface area contributed by atoms with Crippen molar-refractivity contribution in [3.05, 3.63) is 34.4 Å². The maximum atomic E-state index is 11.7. The molecule has 4 fully saturated rings. The summed E-state index contributed by atoms with van der Waals surface area (Å²) in [4.78, 5) is 28.0. The fourth-order valence-corrected chi connectivity index (χ4v) is 9.22. The third kappa shape index (κ3) is 4.30. The van der Waals surface area contributed by atoms with Crippen LogP contribution in [0.3, 0.4) is 0 Å². The van der Waals surface area contributed by atoms with Crippen LogP contribution in [0, 0.1) is 44.6 Å². The van der Waals surface area contributed by atoms with Gasteiger partial charge in [-0.1, -0.05) is 34.9 Å². The van der Waals surface area contributed by atoms with Gasteiger partial charge in [0.15, 0.2) is 5.75 Å². The van der Waals surface area contributed by atoms with Gasteiger partial charge in [0, 0.05) is 24.5 Å². The highest BCUT2D eigenvalue weighted by Gasteiger charge is 2.61. The van der Waals surface area contributed by atoms with Gasteiger partial charge in [0.2, 0.25) is 0 Å². The van der Waals surface area contributed by atoms with E-state index in [1.165, 1.54) is 44.7 Å². The summed E-state index contributed by atoms with van der Waals surface area (Å²) in [5.74, 6) is 2.96. The van der Waals surface area contributed by atoms with E-state index in [9.17, 15) is 14.9 Å². The first kappa shape index (κ1) is 24.7. The Bertz CT molecular complexity index is 1030. The Kier molecular flexibility index (Phi) is 6.47. The van der Waals surface area contributed by atoms with Gasteiger partial charge >= 0.3 is 5.97 Å². The van der Waals surface area contributed by atoms with E-state index in [1.54, 1.807) is 12.1 Å². The Morgan fingerprint density at radius 2 is 1.80 bits per heavy atom. The molecule has 8 atom stereocenters. The summed E-state index contributed by atoms with van der Waals surface area (Å²) in [6.45, 7) is 6.41. The highest BCUT2D eigenvalue weighted by atomic mass is 79.9. The highest BCUT2D eigenvalue weighted by Crippen LogP contribution is 2.66. The summed E-state index contributed by atoms with van der Waals surface area (Å²) < 4.78 is 5.80. The molecular formula is C27H35BrN2O5. The van der Waals surface area contributed by atoms with E-state index in [1.807, 2.05) is 0 Å². The van der Waals surface area contributed by atoms with Crippen molar-refractivity contribution in [2.45, 2.75) is 83.1 Å². The number of esters is 1. The quantitative estimate of drug-likeness (QED) is 0.182. The molecule has 4 aliphatic rings. The summed E-state index contributed by atoms with van der Waals surface area (Å²) in [6.07, 6.45) is 8.97. The Balaban J connectivity index is 1.29. The van der Waals surface area contributed by atoms with Crippen LogP contribution >= 0.6 is 15.9 Å². The van der Waals surface area contributed by atoms with Gasteiger partial charge in [-0.15, -0.1) is 0 Å². The van der Waals surface area contributed by atoms with Crippen LogP contribution in [0.25, 0.3) is 0 Å². The summed E-state index contributed by atoms with van der Waals surface area (Å²) in [5.41, 5.74) is 1.44. The van der Waals surface area contributed by atoms with Crippen molar-refractivity contribution in [3.8, 4) is 5.75 Å². The zero-order valence-electron chi connectivity index (χ0n) is 20.7. The van der Waals surface area contributed by atoms with Crippen LogP contribution in [0.1, 0.15) is 72.1 Å². The average molecular weight is 547 g/mol. The SMILES string of the molecule is CC(=O)OC1CCC2C3CCC4CC(=NOc5ccc([N+](=O)[O-])cc5)C(Br)CC4(C)C3CCC12C. The molecule has 4 saturated carbocycles. The Morgan fingerprint density at radius 3 is 2.49 bits per heavy atom. The summed E-state index contributed by atoms with van der Waals surface area (Å²) in [5, 5.41) is 15.4. The number of hydrogen-bond donors (Lipinski definition) is 0. The molecular weight excluding hydrogens is 512 g/mol. The number of fused-ring (bicyclic) bond motifs is 5. The van der Waals surface area contributed by atoms with Crippen molar-refractivity contribution >= 4 is 33.3 Å². The first-order chi connectivity index (χ1) is 16.6. The molecule has 0 aromatic heterocycles. The molecule has 0 saturated heterocycles. The van der Waals surface area contributed by atoms with E-state index in [0.29, 0.717) is 29.4 Å². The molecule has 0 aliphatic heterocycles. The lowest BCUT2D eigenvalue weighted by molar-refractivity contribution is -0.384. The minimum absolute atomic E-state index is 0.0404. The van der Waals surface area contributed by atoms with Gasteiger partial charge in [-0.25, -0.2) is 0 Å². The number of nitro groups is 1. The van der Waals surface area contributed by atoms with Crippen LogP contribution in [0.5, 0.6) is 5.75 Å². The van der Waals surface area contributed by atoms with Gasteiger partial charge < -0.3 is 9.57 Å². The second-order valence-electron chi connectivity index (χ2n) is 11.7. The number of alkyl halides is 1. The molecule has 1 aromatic rings. The van der Waals surface area contributed by atoms with E-state index in [0.717, 1.165) is 31.4 Å². The number of benzene rings is 1. The zero-order chi connectivity index (χ0) is 25.0. The first-order valence-electron chi connectivity index (χ1n) is 12.9. The van der Waals surface area contributed by atoms with E-state index < -0.39 is 4.92 Å². The maximum absolute atomic E-state index is 11.7. The largest absolute Gasteiger partial charge is 0.462 e. The number of carbonyl (C=O) groups excluding carboxylic acids is 1. The van der Waals surface area contributed by atoms with Crippen molar-refractivity contribution in [3.63, 3.8) is 0 Å². The van der Waals surface area contributed by atoms with Crippen LogP contribution in [0.2, 0.25) is 0 Å². The summed E-state index contributed by atoms with van der Waals surface area (Å²) in [6, 6.07) is 6.05. The molecule has 190 valence electrons. The lowest BCUT2D eigenvalue weighted by Crippen LogP contribution is -2.55. The number of nitrogens with zero attached hydrogens (tertiary/aromatic N) is 2. The standard InChI is InChI=1S/C27H35BrN2O5/c1-16(31)34-25-11-10-21-20-9-4-17-14-24(29-35-19-7-5-18(6-8-19)30(32)33)23(28)15-27(17,3)22(20)12-13-26(21,25)2/h5-8,17,20-23,25H,4,9-15H2,1-3H3. The number of rotatable bonds is 4. The van der Waals surface area contributed by atoms with Crippen molar-refractivity contribution in [1.82, 2.24) is 0 Å². The summed E-state index contributed by atoms with van der Waals surface area (Å²) >= 11 is 3.92. The fraction of sp³-hybridized carbons (Fsp3) is 0.704. The molecule has 0 N–H and O–H groups in total. The fourth-order valence-electron chi connectivity index (χ4n) is 8.25. The number of nitro benzene ring substituents is 1. The molecule has 8 unspecified atom stereocenters. The number of ether oxygens (including phenoxy) is 1. The van der Waals surface area contributed by atoms with Gasteiger partial charge in [-0.3, -0.25) is 14.9 Å². The van der Waals surface area contributed by atoms with Gasteiger partial charge in [-0.2, -0.15) is 0 Å². The minimum Gasteiger partial charge on any atom is -0.462 e. The number of hydrogen-bond acceptors (Lipinski definition) is 6. The van der Waals surface area contributed by atoms with Crippen molar-refractivity contribution < 1.29 is 19.3 Å². The van der Waals surface area contributed by atoms with Crippen molar-refractivity contribution in [1.29, 1.82) is 0 Å². The topological polar surface area (TPSA) is 91.0 Å². The van der Waals surface area contributed by atoms with E-state index in [4.69, 9.17) is 9.57 Å². The van der Waals surface area contributed by atoms with Crippen LogP contribution < -0.4 is 4.84 Å². The molecule has 0 radical (unpaired) electrons. The molecule has 4 aliphatic carbocycles. The monoisotopic (exact) mass is 546 g/mol. The Morgan fingerprint density at radius 1 is 1.09 bits per heavy atom. The number of non-ortho nitro benzene ring substituents is 1. The highest BCUT2D eigenvalue weighted by molar-refractivity contribution is 9.10. The molecule has 0 spiro atoms. The molecule has 1 aromatic carbocycles. The lowest BCUT2D eigenvalue weighted by Gasteiger charge is -2.60. The van der Waals surface area contributed by atoms with Crippen molar-refractivity contribution in [2.24, 2.45) is 39.7 Å². The van der Waals surface area contributed by atoms with Crippen molar-refractivity contribution in [2.75, 3.05) is 0 Å². The smallest absolute Gasteiger partial charge is 0.302 e.